The van der Waals surface area contributed by atoms with Gasteiger partial charge in [0.25, 0.3) is 5.56 Å². The Morgan fingerprint density at radius 1 is 1.00 bits per heavy atom. The van der Waals surface area contributed by atoms with Crippen LogP contribution in [0.4, 0.5) is 0 Å². The van der Waals surface area contributed by atoms with Crippen molar-refractivity contribution in [2.24, 2.45) is 7.05 Å². The molecule has 0 aliphatic heterocycles. The second kappa shape index (κ2) is 15.4. The monoisotopic (exact) mass is 536 g/mol. The molecule has 0 spiro atoms. The maximum Gasteiger partial charge on any atom is 0.258 e. The second-order valence-corrected chi connectivity index (χ2v) is 7.87. The normalized spacial score (nSPS) is 11.0. The van der Waals surface area contributed by atoms with E-state index in [0.717, 1.165) is 36.9 Å². The number of pyridine rings is 3. The molecule has 1 unspecified atom stereocenters. The van der Waals surface area contributed by atoms with Crippen LogP contribution in [0, 0.1) is 0 Å². The molecule has 4 rings (SSSR count). The van der Waals surface area contributed by atoms with Gasteiger partial charge in [-0.15, -0.1) is 37.2 Å². The van der Waals surface area contributed by atoms with Gasteiger partial charge in [0, 0.05) is 49.5 Å². The Morgan fingerprint density at radius 3 is 2.54 bits per heavy atom. The molecule has 188 valence electrons. The fourth-order valence-electron chi connectivity index (χ4n) is 3.79. The standard InChI is InChI=1S/C26H28N4O2.3ClH/c1-30-16-11-22-18-23(6-7-24(22)26(30)31)32-17-3-13-29-25(21-9-14-27-15-10-21)8-5-20-4-2-12-28-19-20;;;/h2,4,6-7,9-12,14-16,18-19,25,29H,3,5,8,13,17H2,1H3;3*1H. The number of benzene rings is 1. The first-order valence-electron chi connectivity index (χ1n) is 10.9. The van der Waals surface area contributed by atoms with Crippen LogP contribution in [-0.4, -0.2) is 27.7 Å². The van der Waals surface area contributed by atoms with Gasteiger partial charge < -0.3 is 14.6 Å². The minimum atomic E-state index is 0. The van der Waals surface area contributed by atoms with E-state index >= 15 is 0 Å². The van der Waals surface area contributed by atoms with Gasteiger partial charge >= 0.3 is 0 Å². The highest BCUT2D eigenvalue weighted by Crippen LogP contribution is 2.20. The molecule has 3 aromatic heterocycles. The third kappa shape index (κ3) is 8.51. The highest BCUT2D eigenvalue weighted by molar-refractivity contribution is 5.86. The maximum absolute atomic E-state index is 12.2. The van der Waals surface area contributed by atoms with Crippen molar-refractivity contribution < 1.29 is 4.74 Å². The zero-order chi connectivity index (χ0) is 22.2. The average Bonchev–Trinajstić information content (AvgIpc) is 2.84. The summed E-state index contributed by atoms with van der Waals surface area (Å²) in [5.41, 5.74) is 2.48. The Morgan fingerprint density at radius 2 is 1.80 bits per heavy atom. The molecule has 0 fully saturated rings. The number of rotatable bonds is 10. The molecule has 0 aliphatic rings. The molecule has 0 saturated heterocycles. The average molecular weight is 538 g/mol. The summed E-state index contributed by atoms with van der Waals surface area (Å²) in [6, 6.07) is 16.0. The summed E-state index contributed by atoms with van der Waals surface area (Å²) in [4.78, 5) is 20.5. The topological polar surface area (TPSA) is 69.0 Å². The molecule has 9 heteroatoms. The van der Waals surface area contributed by atoms with Crippen LogP contribution < -0.4 is 15.6 Å². The summed E-state index contributed by atoms with van der Waals surface area (Å²) < 4.78 is 7.52. The third-order valence-electron chi connectivity index (χ3n) is 5.59. The van der Waals surface area contributed by atoms with Crippen molar-refractivity contribution in [2.75, 3.05) is 13.2 Å². The van der Waals surface area contributed by atoms with Crippen LogP contribution in [0.3, 0.4) is 0 Å². The van der Waals surface area contributed by atoms with Crippen LogP contribution in [0.25, 0.3) is 10.8 Å². The zero-order valence-electron chi connectivity index (χ0n) is 19.5. The van der Waals surface area contributed by atoms with Crippen LogP contribution in [-0.2, 0) is 13.5 Å². The van der Waals surface area contributed by atoms with E-state index in [1.165, 1.54) is 11.1 Å². The summed E-state index contributed by atoms with van der Waals surface area (Å²) in [5, 5.41) is 5.27. The number of halogens is 3. The fourth-order valence-corrected chi connectivity index (χ4v) is 3.79. The smallest absolute Gasteiger partial charge is 0.258 e. The van der Waals surface area contributed by atoms with Crippen molar-refractivity contribution in [1.82, 2.24) is 19.9 Å². The van der Waals surface area contributed by atoms with Crippen LogP contribution >= 0.6 is 37.2 Å². The number of nitrogens with zero attached hydrogens (tertiary/aromatic N) is 3. The van der Waals surface area contributed by atoms with Crippen LogP contribution in [0.2, 0.25) is 0 Å². The summed E-state index contributed by atoms with van der Waals surface area (Å²) in [6.45, 7) is 1.45. The lowest BCUT2D eigenvalue weighted by molar-refractivity contribution is 0.304. The molecule has 0 saturated carbocycles. The molecule has 4 aromatic rings. The van der Waals surface area contributed by atoms with E-state index in [1.54, 1.807) is 24.0 Å². The lowest BCUT2D eigenvalue weighted by Gasteiger charge is -2.19. The van der Waals surface area contributed by atoms with Crippen molar-refractivity contribution >= 4 is 48.0 Å². The zero-order valence-corrected chi connectivity index (χ0v) is 22.0. The highest BCUT2D eigenvalue weighted by Gasteiger charge is 2.11. The lowest BCUT2D eigenvalue weighted by atomic mass is 10.0. The molecule has 1 N–H and O–H groups in total. The summed E-state index contributed by atoms with van der Waals surface area (Å²) >= 11 is 0. The van der Waals surface area contributed by atoms with Crippen LogP contribution in [0.15, 0.2) is 84.3 Å². The number of fused-ring (bicyclic) bond motifs is 1. The predicted octanol–water partition coefficient (Wildman–Crippen LogP) is 5.33. The molecule has 0 amide bonds. The van der Waals surface area contributed by atoms with E-state index < -0.39 is 0 Å². The molecular formula is C26H31Cl3N4O2. The van der Waals surface area contributed by atoms with Gasteiger partial charge in [0.15, 0.2) is 0 Å². The van der Waals surface area contributed by atoms with E-state index in [-0.39, 0.29) is 48.8 Å². The first kappa shape index (κ1) is 30.4. The largest absolute Gasteiger partial charge is 0.494 e. The summed E-state index contributed by atoms with van der Waals surface area (Å²) in [5.74, 6) is 0.785. The molecular weight excluding hydrogens is 507 g/mol. The minimum absolute atomic E-state index is 0. The van der Waals surface area contributed by atoms with E-state index in [4.69, 9.17) is 4.74 Å². The molecule has 1 atom stereocenters. The van der Waals surface area contributed by atoms with Gasteiger partial charge in [-0.2, -0.15) is 0 Å². The number of aromatic nitrogens is 3. The fraction of sp³-hybridized carbons (Fsp3) is 0.269. The van der Waals surface area contributed by atoms with E-state index in [0.29, 0.717) is 12.0 Å². The Bertz CT molecular complexity index is 1210. The lowest BCUT2D eigenvalue weighted by Crippen LogP contribution is -2.24. The van der Waals surface area contributed by atoms with Gasteiger partial charge in [0.1, 0.15) is 5.75 Å². The van der Waals surface area contributed by atoms with Gasteiger partial charge in [-0.1, -0.05) is 6.07 Å². The molecule has 0 radical (unpaired) electrons. The van der Waals surface area contributed by atoms with Crippen molar-refractivity contribution in [2.45, 2.75) is 25.3 Å². The van der Waals surface area contributed by atoms with Crippen LogP contribution in [0.5, 0.6) is 5.75 Å². The molecule has 0 bridgehead atoms. The van der Waals surface area contributed by atoms with Crippen molar-refractivity contribution in [1.29, 1.82) is 0 Å². The second-order valence-electron chi connectivity index (χ2n) is 7.87. The van der Waals surface area contributed by atoms with Crippen molar-refractivity contribution in [3.63, 3.8) is 0 Å². The van der Waals surface area contributed by atoms with Crippen molar-refractivity contribution in [3.05, 3.63) is 101 Å². The predicted molar refractivity (Wildman–Crippen MR) is 149 cm³/mol. The Labute approximate surface area is 224 Å². The number of ether oxygens (including phenoxy) is 1. The minimum Gasteiger partial charge on any atom is -0.494 e. The SMILES string of the molecule is Cl.Cl.Cl.Cn1ccc2cc(OCCCNC(CCc3cccnc3)c3ccncc3)ccc2c1=O. The Balaban J connectivity index is 0.00000204. The van der Waals surface area contributed by atoms with Gasteiger partial charge in [-0.25, -0.2) is 0 Å². The van der Waals surface area contributed by atoms with Gasteiger partial charge in [-0.05, 0) is 84.8 Å². The Hall–Kier alpha value is -2.64. The molecule has 1 aromatic carbocycles. The molecule has 35 heavy (non-hydrogen) atoms. The number of hydrogen-bond donors (Lipinski definition) is 1. The van der Waals surface area contributed by atoms with Gasteiger partial charge in [0.2, 0.25) is 0 Å². The summed E-state index contributed by atoms with van der Waals surface area (Å²) in [6.07, 6.45) is 12.0. The first-order valence-corrected chi connectivity index (χ1v) is 10.9. The quantitative estimate of drug-likeness (QED) is 0.277. The number of aryl methyl sites for hydroxylation is 2. The number of hydrogen-bond acceptors (Lipinski definition) is 5. The maximum atomic E-state index is 12.2. The third-order valence-corrected chi connectivity index (χ3v) is 5.59. The van der Waals surface area contributed by atoms with E-state index in [2.05, 4.69) is 33.5 Å². The van der Waals surface area contributed by atoms with Gasteiger partial charge in [-0.3, -0.25) is 14.8 Å². The van der Waals surface area contributed by atoms with Crippen molar-refractivity contribution in [3.8, 4) is 5.75 Å². The molecule has 3 heterocycles. The number of nitrogens with one attached hydrogen (secondary N) is 1. The van der Waals surface area contributed by atoms with E-state index in [9.17, 15) is 4.79 Å². The molecule has 0 aliphatic carbocycles. The van der Waals surface area contributed by atoms with Gasteiger partial charge in [0.05, 0.1) is 6.61 Å². The van der Waals surface area contributed by atoms with E-state index in [1.807, 2.05) is 48.9 Å². The Kier molecular flexibility index (Phi) is 13.3. The molecule has 6 nitrogen and oxygen atoms in total. The first-order chi connectivity index (χ1) is 15.7. The van der Waals surface area contributed by atoms with Crippen LogP contribution in [0.1, 0.15) is 30.0 Å². The highest BCUT2D eigenvalue weighted by atomic mass is 35.5. The summed E-state index contributed by atoms with van der Waals surface area (Å²) in [7, 11) is 1.76.